The van der Waals surface area contributed by atoms with Gasteiger partial charge in [0.1, 0.15) is 5.60 Å². The summed E-state index contributed by atoms with van der Waals surface area (Å²) in [7, 11) is 0. The van der Waals surface area contributed by atoms with Gasteiger partial charge >= 0.3 is 0 Å². The molecule has 3 aliphatic heterocycles. The number of hydrogen-bond acceptors (Lipinski definition) is 6. The van der Waals surface area contributed by atoms with E-state index in [0.717, 1.165) is 63.2 Å². The van der Waals surface area contributed by atoms with Crippen LogP contribution in [0.3, 0.4) is 0 Å². The first-order valence-corrected chi connectivity index (χ1v) is 9.85. The van der Waals surface area contributed by atoms with Crippen LogP contribution in [0.15, 0.2) is 36.8 Å². The summed E-state index contributed by atoms with van der Waals surface area (Å²) in [6, 6.07) is 5.63. The quantitative estimate of drug-likeness (QED) is 0.880. The van der Waals surface area contributed by atoms with Crippen LogP contribution in [0.25, 0.3) is 0 Å². The molecule has 142 valence electrons. The minimum Gasteiger partial charge on any atom is -0.504 e. The van der Waals surface area contributed by atoms with Crippen LogP contribution in [0.5, 0.6) is 11.5 Å². The van der Waals surface area contributed by atoms with Gasteiger partial charge in [-0.05, 0) is 18.9 Å². The monoisotopic (exact) mass is 367 g/mol. The third-order valence-corrected chi connectivity index (χ3v) is 6.34. The molecule has 6 nitrogen and oxygen atoms in total. The fourth-order valence-corrected chi connectivity index (χ4v) is 4.99. The highest BCUT2D eigenvalue weighted by molar-refractivity contribution is 5.49. The number of aromatic hydroxyl groups is 1. The molecule has 2 saturated heterocycles. The van der Waals surface area contributed by atoms with Gasteiger partial charge in [0, 0.05) is 69.2 Å². The molecule has 3 aliphatic rings. The number of phenols is 1. The molecule has 27 heavy (non-hydrogen) atoms. The topological polar surface area (TPSA) is 67.7 Å². The molecule has 1 aromatic carbocycles. The summed E-state index contributed by atoms with van der Waals surface area (Å²) in [6.07, 6.45) is 9.37. The van der Waals surface area contributed by atoms with Gasteiger partial charge in [-0.2, -0.15) is 0 Å². The highest BCUT2D eigenvalue weighted by Gasteiger charge is 2.52. The summed E-state index contributed by atoms with van der Waals surface area (Å²) < 4.78 is 12.8. The molecule has 0 radical (unpaired) electrons. The van der Waals surface area contributed by atoms with Crippen molar-refractivity contribution in [3.63, 3.8) is 0 Å². The molecule has 4 heterocycles. The lowest BCUT2D eigenvalue weighted by Crippen LogP contribution is -2.57. The Morgan fingerprint density at radius 3 is 2.93 bits per heavy atom. The van der Waals surface area contributed by atoms with Crippen LogP contribution in [0.1, 0.15) is 43.0 Å². The second kappa shape index (κ2) is 6.77. The highest BCUT2D eigenvalue weighted by atomic mass is 16.5. The number of ether oxygens (including phenoxy) is 2. The Morgan fingerprint density at radius 1 is 1.22 bits per heavy atom. The average Bonchev–Trinajstić information content (AvgIpc) is 2.72. The van der Waals surface area contributed by atoms with Crippen LogP contribution < -0.4 is 4.74 Å². The second-order valence-electron chi connectivity index (χ2n) is 7.88. The number of fused-ring (bicyclic) bond motifs is 4. The molecule has 5 rings (SSSR count). The number of aromatic nitrogens is 2. The van der Waals surface area contributed by atoms with Gasteiger partial charge in [-0.15, -0.1) is 0 Å². The predicted octanol–water partition coefficient (Wildman–Crippen LogP) is 3.08. The smallest absolute Gasteiger partial charge is 0.167 e. The van der Waals surface area contributed by atoms with Gasteiger partial charge in [0.25, 0.3) is 0 Å². The van der Waals surface area contributed by atoms with E-state index >= 15 is 0 Å². The van der Waals surface area contributed by atoms with Crippen LogP contribution in [0.2, 0.25) is 0 Å². The number of para-hydroxylation sites is 1. The molecule has 6 heteroatoms. The fourth-order valence-electron chi connectivity index (χ4n) is 4.99. The van der Waals surface area contributed by atoms with Crippen molar-refractivity contribution in [1.82, 2.24) is 14.9 Å². The maximum atomic E-state index is 10.4. The largest absolute Gasteiger partial charge is 0.504 e. The van der Waals surface area contributed by atoms with Gasteiger partial charge in [-0.25, -0.2) is 0 Å². The number of likely N-dealkylation sites (tertiary alicyclic amines) is 1. The van der Waals surface area contributed by atoms with Gasteiger partial charge in [0.15, 0.2) is 11.5 Å². The summed E-state index contributed by atoms with van der Waals surface area (Å²) in [6.45, 7) is 3.49. The molecule has 0 unspecified atom stereocenters. The lowest BCUT2D eigenvalue weighted by Gasteiger charge is -2.53. The van der Waals surface area contributed by atoms with Crippen molar-refractivity contribution in [2.24, 2.45) is 5.92 Å². The van der Waals surface area contributed by atoms with Crippen LogP contribution in [0.4, 0.5) is 0 Å². The second-order valence-corrected chi connectivity index (χ2v) is 7.88. The molecule has 2 fully saturated rings. The Morgan fingerprint density at radius 2 is 2.11 bits per heavy atom. The molecule has 1 spiro atoms. The molecule has 1 aromatic heterocycles. The zero-order chi connectivity index (χ0) is 18.3. The van der Waals surface area contributed by atoms with E-state index in [9.17, 15) is 5.11 Å². The summed E-state index contributed by atoms with van der Waals surface area (Å²) in [5.74, 6) is 1.20. The Bertz CT molecular complexity index is 806. The molecule has 0 amide bonds. The molecule has 2 atom stereocenters. The van der Waals surface area contributed by atoms with Gasteiger partial charge < -0.3 is 14.6 Å². The Balaban J connectivity index is 1.39. The number of benzene rings is 1. The van der Waals surface area contributed by atoms with Gasteiger partial charge in [-0.3, -0.25) is 14.9 Å². The summed E-state index contributed by atoms with van der Waals surface area (Å²) in [5, 5.41) is 10.4. The molecule has 0 aliphatic carbocycles. The van der Waals surface area contributed by atoms with Gasteiger partial charge in [-0.1, -0.05) is 12.1 Å². The first kappa shape index (κ1) is 17.0. The minimum absolute atomic E-state index is 0.0288. The van der Waals surface area contributed by atoms with E-state index in [1.54, 1.807) is 18.5 Å². The van der Waals surface area contributed by atoms with Crippen molar-refractivity contribution in [2.45, 2.75) is 43.9 Å². The first-order valence-electron chi connectivity index (χ1n) is 9.85. The fraction of sp³-hybridized carbons (Fsp3) is 0.524. The molecule has 0 bridgehead atoms. The Labute approximate surface area is 159 Å². The van der Waals surface area contributed by atoms with Crippen molar-refractivity contribution in [3.05, 3.63) is 48.0 Å². The van der Waals surface area contributed by atoms with Crippen LogP contribution in [-0.4, -0.2) is 45.3 Å². The minimum atomic E-state index is -0.254. The number of rotatable bonds is 2. The third-order valence-electron chi connectivity index (χ3n) is 6.34. The zero-order valence-electron chi connectivity index (χ0n) is 15.4. The number of piperidine rings is 1. The number of nitrogens with zero attached hydrogens (tertiary/aromatic N) is 3. The third kappa shape index (κ3) is 2.97. The lowest BCUT2D eigenvalue weighted by molar-refractivity contribution is -0.150. The Kier molecular flexibility index (Phi) is 4.25. The van der Waals surface area contributed by atoms with Gasteiger partial charge in [0.05, 0.1) is 11.8 Å². The van der Waals surface area contributed by atoms with Gasteiger partial charge in [0.2, 0.25) is 0 Å². The van der Waals surface area contributed by atoms with Crippen LogP contribution in [0, 0.1) is 5.92 Å². The lowest BCUT2D eigenvalue weighted by atomic mass is 9.70. The predicted molar refractivity (Wildman–Crippen MR) is 99.4 cm³/mol. The van der Waals surface area contributed by atoms with E-state index in [0.29, 0.717) is 11.7 Å². The van der Waals surface area contributed by atoms with Crippen molar-refractivity contribution in [1.29, 1.82) is 0 Å². The van der Waals surface area contributed by atoms with Crippen LogP contribution >= 0.6 is 0 Å². The van der Waals surface area contributed by atoms with Crippen molar-refractivity contribution < 1.29 is 14.6 Å². The standard InChI is InChI=1S/C21H25N3O3/c25-18-5-1-3-16-19-17(4-2-12-26-19)21(27-20(16)18)6-10-24(11-7-21)14-15-13-22-8-9-23-15/h1,3,5,8-9,13,17,19,25H,2,4,6-7,10-12,14H2/t17-,19+/m0/s1. The molecular weight excluding hydrogens is 342 g/mol. The van der Waals surface area contributed by atoms with Crippen molar-refractivity contribution >= 4 is 0 Å². The SMILES string of the molecule is Oc1cccc2c1OC1(CCN(Cc3cnccn3)CC1)[C@H]1CCCO[C@H]21. The summed E-state index contributed by atoms with van der Waals surface area (Å²) in [5.41, 5.74) is 1.75. The number of hydrogen-bond donors (Lipinski definition) is 1. The maximum Gasteiger partial charge on any atom is 0.167 e. The van der Waals surface area contributed by atoms with E-state index in [1.165, 1.54) is 0 Å². The van der Waals surface area contributed by atoms with E-state index in [2.05, 4.69) is 14.9 Å². The van der Waals surface area contributed by atoms with Crippen molar-refractivity contribution in [2.75, 3.05) is 19.7 Å². The van der Waals surface area contributed by atoms with E-state index < -0.39 is 0 Å². The van der Waals surface area contributed by atoms with E-state index in [4.69, 9.17) is 9.47 Å². The molecule has 2 aromatic rings. The summed E-state index contributed by atoms with van der Waals surface area (Å²) in [4.78, 5) is 11.0. The van der Waals surface area contributed by atoms with E-state index in [1.807, 2.05) is 18.3 Å². The number of phenolic OH excluding ortho intramolecular Hbond substituents is 1. The highest BCUT2D eigenvalue weighted by Crippen LogP contribution is 2.55. The first-order chi connectivity index (χ1) is 13.3. The average molecular weight is 367 g/mol. The zero-order valence-corrected chi connectivity index (χ0v) is 15.4. The molecular formula is C21H25N3O3. The van der Waals surface area contributed by atoms with E-state index in [-0.39, 0.29) is 17.5 Å². The molecule has 1 N–H and O–H groups in total. The maximum absolute atomic E-state index is 10.4. The van der Waals surface area contributed by atoms with Crippen molar-refractivity contribution in [3.8, 4) is 11.5 Å². The van der Waals surface area contributed by atoms with Crippen LogP contribution in [-0.2, 0) is 11.3 Å². The normalized spacial score (nSPS) is 26.8. The summed E-state index contributed by atoms with van der Waals surface area (Å²) >= 11 is 0. The molecule has 0 saturated carbocycles. The Hall–Kier alpha value is -2.18.